The van der Waals surface area contributed by atoms with Crippen molar-refractivity contribution in [3.63, 3.8) is 0 Å². The van der Waals surface area contributed by atoms with E-state index in [4.69, 9.17) is 10.5 Å². The van der Waals surface area contributed by atoms with Gasteiger partial charge in [-0.2, -0.15) is 0 Å². The highest BCUT2D eigenvalue weighted by Crippen LogP contribution is 2.25. The van der Waals surface area contributed by atoms with Crippen molar-refractivity contribution in [1.29, 1.82) is 0 Å². The fraction of sp³-hybridized carbons (Fsp3) is 0.500. The van der Waals surface area contributed by atoms with Gasteiger partial charge in [0.05, 0.1) is 11.9 Å². The third kappa shape index (κ3) is 6.09. The number of rotatable bonds is 9. The molecule has 3 N–H and O–H groups in total. The molecule has 1 aromatic carbocycles. The second kappa shape index (κ2) is 8.96. The summed E-state index contributed by atoms with van der Waals surface area (Å²) in [6.45, 7) is 4.30. The number of hydrogen-bond acceptors (Lipinski definition) is 4. The van der Waals surface area contributed by atoms with Gasteiger partial charge in [-0.25, -0.2) is 0 Å². The first-order valence-corrected chi connectivity index (χ1v) is 7.30. The van der Waals surface area contributed by atoms with E-state index >= 15 is 0 Å². The van der Waals surface area contributed by atoms with Crippen LogP contribution in [0, 0.1) is 0 Å². The zero-order chi connectivity index (χ0) is 14.1. The van der Waals surface area contributed by atoms with E-state index < -0.39 is 0 Å². The highest BCUT2D eigenvalue weighted by atomic mass is 32.2. The number of ether oxygens (including phenoxy) is 1. The molecule has 0 aliphatic rings. The van der Waals surface area contributed by atoms with E-state index in [9.17, 15) is 4.79 Å². The number of primary amides is 1. The van der Waals surface area contributed by atoms with Gasteiger partial charge in [-0.15, -0.1) is 11.8 Å². The van der Waals surface area contributed by atoms with Gasteiger partial charge in [0.1, 0.15) is 0 Å². The maximum atomic E-state index is 11.2. The molecule has 0 heterocycles. The van der Waals surface area contributed by atoms with E-state index in [1.807, 2.05) is 19.1 Å². The Morgan fingerprint density at radius 2 is 2.32 bits per heavy atom. The highest BCUT2D eigenvalue weighted by molar-refractivity contribution is 8.00. The van der Waals surface area contributed by atoms with Crippen LogP contribution in [0.5, 0.6) is 0 Å². The number of methoxy groups -OCH3 is 1. The van der Waals surface area contributed by atoms with E-state index in [0.717, 1.165) is 24.4 Å². The van der Waals surface area contributed by atoms with Crippen molar-refractivity contribution in [2.24, 2.45) is 5.73 Å². The monoisotopic (exact) mass is 282 g/mol. The molecule has 0 radical (unpaired) electrons. The third-order valence-corrected chi connectivity index (χ3v) is 4.05. The molecule has 0 aliphatic carbocycles. The Morgan fingerprint density at radius 1 is 1.53 bits per heavy atom. The van der Waals surface area contributed by atoms with Crippen molar-refractivity contribution in [3.8, 4) is 0 Å². The SMILES string of the molecule is CCC(Sc1cccc(CNCCOC)c1)C(N)=O. The van der Waals surface area contributed by atoms with Crippen molar-refractivity contribution in [3.05, 3.63) is 29.8 Å². The first kappa shape index (κ1) is 16.0. The lowest BCUT2D eigenvalue weighted by molar-refractivity contribution is -0.117. The molecule has 0 aromatic heterocycles. The molecule has 106 valence electrons. The highest BCUT2D eigenvalue weighted by Gasteiger charge is 2.14. The van der Waals surface area contributed by atoms with Crippen LogP contribution in [-0.2, 0) is 16.1 Å². The average Bonchev–Trinajstić information content (AvgIpc) is 2.41. The van der Waals surface area contributed by atoms with Crippen molar-refractivity contribution in [1.82, 2.24) is 5.32 Å². The molecule has 0 saturated heterocycles. The first-order valence-electron chi connectivity index (χ1n) is 6.42. The number of nitrogens with one attached hydrogen (secondary N) is 1. The number of benzene rings is 1. The fourth-order valence-corrected chi connectivity index (χ4v) is 2.63. The molecule has 1 rings (SSSR count). The number of nitrogens with two attached hydrogens (primary N) is 1. The van der Waals surface area contributed by atoms with Gasteiger partial charge in [-0.05, 0) is 24.1 Å². The van der Waals surface area contributed by atoms with Crippen LogP contribution < -0.4 is 11.1 Å². The zero-order valence-electron chi connectivity index (χ0n) is 11.5. The lowest BCUT2D eigenvalue weighted by atomic mass is 10.2. The number of hydrogen-bond donors (Lipinski definition) is 2. The van der Waals surface area contributed by atoms with Gasteiger partial charge in [0.15, 0.2) is 0 Å². The number of carbonyl (C=O) groups is 1. The lowest BCUT2D eigenvalue weighted by Crippen LogP contribution is -2.24. The Bertz CT molecular complexity index is 399. The molecule has 0 saturated carbocycles. The molecular formula is C14H22N2O2S. The predicted octanol–water partition coefficient (Wildman–Crippen LogP) is 1.78. The second-order valence-corrected chi connectivity index (χ2v) is 5.51. The maximum Gasteiger partial charge on any atom is 0.230 e. The molecule has 1 amide bonds. The summed E-state index contributed by atoms with van der Waals surface area (Å²) >= 11 is 1.53. The summed E-state index contributed by atoms with van der Waals surface area (Å²) in [7, 11) is 1.69. The maximum absolute atomic E-state index is 11.2. The summed E-state index contributed by atoms with van der Waals surface area (Å²) in [4.78, 5) is 12.3. The Kier molecular flexibility index (Phi) is 7.55. The van der Waals surface area contributed by atoms with Gasteiger partial charge < -0.3 is 15.8 Å². The molecule has 19 heavy (non-hydrogen) atoms. The van der Waals surface area contributed by atoms with Crippen LogP contribution in [-0.4, -0.2) is 31.4 Å². The molecule has 4 nitrogen and oxygen atoms in total. The predicted molar refractivity (Wildman–Crippen MR) is 79.2 cm³/mol. The van der Waals surface area contributed by atoms with Crippen LogP contribution in [0.1, 0.15) is 18.9 Å². The van der Waals surface area contributed by atoms with Crippen LogP contribution >= 0.6 is 11.8 Å². The van der Waals surface area contributed by atoms with Gasteiger partial charge >= 0.3 is 0 Å². The Morgan fingerprint density at radius 3 is 2.95 bits per heavy atom. The lowest BCUT2D eigenvalue weighted by Gasteiger charge is -2.11. The zero-order valence-corrected chi connectivity index (χ0v) is 12.3. The molecule has 5 heteroatoms. The van der Waals surface area contributed by atoms with Gasteiger partial charge in [0.25, 0.3) is 0 Å². The average molecular weight is 282 g/mol. The van der Waals surface area contributed by atoms with Crippen LogP contribution in [0.15, 0.2) is 29.2 Å². The minimum Gasteiger partial charge on any atom is -0.383 e. The first-order chi connectivity index (χ1) is 9.17. The smallest absolute Gasteiger partial charge is 0.230 e. The number of amides is 1. The summed E-state index contributed by atoms with van der Waals surface area (Å²) < 4.78 is 4.98. The molecule has 0 spiro atoms. The van der Waals surface area contributed by atoms with Gasteiger partial charge in [-0.3, -0.25) is 4.79 Å². The normalized spacial score (nSPS) is 12.3. The van der Waals surface area contributed by atoms with E-state index in [-0.39, 0.29) is 11.2 Å². The topological polar surface area (TPSA) is 64.3 Å². The van der Waals surface area contributed by atoms with Crippen molar-refractivity contribution in [2.45, 2.75) is 30.0 Å². The number of carbonyl (C=O) groups excluding carboxylic acids is 1. The second-order valence-electron chi connectivity index (χ2n) is 4.23. The van der Waals surface area contributed by atoms with E-state index in [0.29, 0.717) is 6.61 Å². The summed E-state index contributed by atoms with van der Waals surface area (Å²) in [6, 6.07) is 8.17. The largest absolute Gasteiger partial charge is 0.383 e. The molecule has 0 bridgehead atoms. The molecule has 1 unspecified atom stereocenters. The van der Waals surface area contributed by atoms with Crippen LogP contribution in [0.3, 0.4) is 0 Å². The molecule has 1 aromatic rings. The molecule has 1 atom stereocenters. The van der Waals surface area contributed by atoms with Gasteiger partial charge in [0, 0.05) is 25.1 Å². The number of thioether (sulfide) groups is 1. The van der Waals surface area contributed by atoms with Crippen LogP contribution in [0.25, 0.3) is 0 Å². The molecule has 0 aliphatic heterocycles. The fourth-order valence-electron chi connectivity index (χ4n) is 1.64. The molecule has 0 fully saturated rings. The van der Waals surface area contributed by atoms with Crippen LogP contribution in [0.2, 0.25) is 0 Å². The third-order valence-electron chi connectivity index (χ3n) is 2.68. The standard InChI is InChI=1S/C14H22N2O2S/c1-3-13(14(15)17)19-12-6-4-5-11(9-12)10-16-7-8-18-2/h4-6,9,13,16H,3,7-8,10H2,1-2H3,(H2,15,17). The van der Waals surface area contributed by atoms with E-state index in [2.05, 4.69) is 17.4 Å². The van der Waals surface area contributed by atoms with E-state index in [1.54, 1.807) is 7.11 Å². The summed E-state index contributed by atoms with van der Waals surface area (Å²) in [5.41, 5.74) is 6.56. The Labute approximate surface area is 119 Å². The summed E-state index contributed by atoms with van der Waals surface area (Å²) in [6.07, 6.45) is 0.746. The summed E-state index contributed by atoms with van der Waals surface area (Å²) in [5, 5.41) is 3.14. The molecular weight excluding hydrogens is 260 g/mol. The van der Waals surface area contributed by atoms with E-state index in [1.165, 1.54) is 17.3 Å². The Balaban J connectivity index is 2.53. The van der Waals surface area contributed by atoms with Crippen molar-refractivity contribution < 1.29 is 9.53 Å². The Hall–Kier alpha value is -1.04. The quantitative estimate of drug-likeness (QED) is 0.535. The van der Waals surface area contributed by atoms with Gasteiger partial charge in [-0.1, -0.05) is 19.1 Å². The minimum absolute atomic E-state index is 0.156. The van der Waals surface area contributed by atoms with Crippen molar-refractivity contribution >= 4 is 17.7 Å². The van der Waals surface area contributed by atoms with Gasteiger partial charge in [0.2, 0.25) is 5.91 Å². The summed E-state index contributed by atoms with van der Waals surface area (Å²) in [5.74, 6) is -0.254. The minimum atomic E-state index is -0.254. The van der Waals surface area contributed by atoms with Crippen LogP contribution in [0.4, 0.5) is 0 Å². The van der Waals surface area contributed by atoms with Crippen molar-refractivity contribution in [2.75, 3.05) is 20.3 Å².